The number of nitrogens with zero attached hydrogens (tertiary/aromatic N) is 3. The SMILES string of the molecule is Cn1c(Sc2ccccc2)c(C#N)c(-c2ccc(-c3ccccc3C#N)cc2)c1C(=O)O. The first-order valence-corrected chi connectivity index (χ1v) is 10.6. The topological polar surface area (TPSA) is 89.8 Å². The van der Waals surface area contributed by atoms with Gasteiger partial charge in [0.05, 0.1) is 22.2 Å². The van der Waals surface area contributed by atoms with Crippen LogP contribution in [0.4, 0.5) is 0 Å². The number of rotatable bonds is 5. The summed E-state index contributed by atoms with van der Waals surface area (Å²) in [5.74, 6) is -1.10. The predicted molar refractivity (Wildman–Crippen MR) is 123 cm³/mol. The van der Waals surface area contributed by atoms with Crippen LogP contribution in [0.2, 0.25) is 0 Å². The number of carboxylic acid groups (broad SMARTS) is 1. The van der Waals surface area contributed by atoms with E-state index in [0.717, 1.165) is 16.0 Å². The van der Waals surface area contributed by atoms with Gasteiger partial charge in [0, 0.05) is 17.5 Å². The Labute approximate surface area is 189 Å². The molecule has 3 aromatic carbocycles. The van der Waals surface area contributed by atoms with Crippen LogP contribution >= 0.6 is 11.8 Å². The van der Waals surface area contributed by atoms with Crippen molar-refractivity contribution in [1.82, 2.24) is 4.57 Å². The van der Waals surface area contributed by atoms with Gasteiger partial charge in [0.15, 0.2) is 0 Å². The number of aromatic nitrogens is 1. The highest BCUT2D eigenvalue weighted by Crippen LogP contribution is 2.40. The van der Waals surface area contributed by atoms with E-state index in [1.807, 2.05) is 60.7 Å². The van der Waals surface area contributed by atoms with Crippen LogP contribution in [0.3, 0.4) is 0 Å². The lowest BCUT2D eigenvalue weighted by molar-refractivity contribution is 0.0686. The standard InChI is InChI=1S/C26H17N3O2S/c1-29-24(26(30)31)23(22(16-28)25(29)32-20-8-3-2-4-9-20)18-13-11-17(12-14-18)21-10-6-5-7-19(21)15-27/h2-14H,1H3,(H,30,31). The van der Waals surface area contributed by atoms with Crippen LogP contribution in [-0.4, -0.2) is 15.6 Å². The van der Waals surface area contributed by atoms with E-state index in [-0.39, 0.29) is 5.69 Å². The molecule has 0 amide bonds. The molecule has 32 heavy (non-hydrogen) atoms. The van der Waals surface area contributed by atoms with E-state index in [9.17, 15) is 20.4 Å². The third kappa shape index (κ3) is 3.76. The summed E-state index contributed by atoms with van der Waals surface area (Å²) in [6.07, 6.45) is 0. The van der Waals surface area contributed by atoms with Gasteiger partial charge in [0.2, 0.25) is 0 Å². The van der Waals surface area contributed by atoms with Gasteiger partial charge in [-0.25, -0.2) is 4.79 Å². The first-order valence-electron chi connectivity index (χ1n) is 9.74. The molecule has 1 heterocycles. The van der Waals surface area contributed by atoms with Crippen LogP contribution in [0.15, 0.2) is 88.8 Å². The molecule has 0 fully saturated rings. The molecule has 6 heteroatoms. The molecular formula is C26H17N3O2S. The van der Waals surface area contributed by atoms with Crippen LogP contribution in [0.1, 0.15) is 21.6 Å². The second kappa shape index (κ2) is 8.85. The molecule has 0 atom stereocenters. The van der Waals surface area contributed by atoms with E-state index in [1.54, 1.807) is 29.8 Å². The maximum Gasteiger partial charge on any atom is 0.353 e. The molecule has 0 saturated heterocycles. The van der Waals surface area contributed by atoms with Crippen molar-refractivity contribution in [2.45, 2.75) is 9.92 Å². The normalized spacial score (nSPS) is 10.3. The summed E-state index contributed by atoms with van der Waals surface area (Å²) in [4.78, 5) is 13.1. The monoisotopic (exact) mass is 435 g/mol. The van der Waals surface area contributed by atoms with Crippen molar-refractivity contribution in [3.05, 3.63) is 95.7 Å². The smallest absolute Gasteiger partial charge is 0.353 e. The summed E-state index contributed by atoms with van der Waals surface area (Å²) < 4.78 is 1.56. The highest BCUT2D eigenvalue weighted by molar-refractivity contribution is 7.99. The molecule has 0 aliphatic heterocycles. The van der Waals surface area contributed by atoms with Gasteiger partial charge in [-0.05, 0) is 34.9 Å². The first kappa shape index (κ1) is 21.0. The van der Waals surface area contributed by atoms with Gasteiger partial charge >= 0.3 is 5.97 Å². The minimum absolute atomic E-state index is 0.0603. The third-order valence-electron chi connectivity index (χ3n) is 5.14. The number of carboxylic acids is 1. The van der Waals surface area contributed by atoms with E-state index in [4.69, 9.17) is 0 Å². The molecule has 0 aliphatic rings. The van der Waals surface area contributed by atoms with Gasteiger partial charge in [-0.2, -0.15) is 10.5 Å². The third-order valence-corrected chi connectivity index (χ3v) is 6.32. The fraction of sp³-hybridized carbons (Fsp3) is 0.0385. The predicted octanol–water partition coefficient (Wildman–Crippen LogP) is 5.95. The van der Waals surface area contributed by atoms with Crippen LogP contribution < -0.4 is 0 Å². The lowest BCUT2D eigenvalue weighted by atomic mass is 9.96. The molecule has 0 aliphatic carbocycles. The zero-order chi connectivity index (χ0) is 22.7. The Hall–Kier alpha value is -4.26. The van der Waals surface area contributed by atoms with Crippen LogP contribution in [0, 0.1) is 22.7 Å². The van der Waals surface area contributed by atoms with Gasteiger partial charge in [-0.1, -0.05) is 72.4 Å². The van der Waals surface area contributed by atoms with E-state index < -0.39 is 5.97 Å². The van der Waals surface area contributed by atoms with Crippen molar-refractivity contribution in [3.63, 3.8) is 0 Å². The summed E-state index contributed by atoms with van der Waals surface area (Å²) in [6, 6.07) is 28.5. The first-order chi connectivity index (χ1) is 15.5. The van der Waals surface area contributed by atoms with Crippen molar-refractivity contribution in [2.75, 3.05) is 0 Å². The molecular weight excluding hydrogens is 418 g/mol. The van der Waals surface area contributed by atoms with Crippen molar-refractivity contribution >= 4 is 17.7 Å². The Morgan fingerprint density at radius 1 is 0.875 bits per heavy atom. The molecule has 4 aromatic rings. The Morgan fingerprint density at radius 2 is 1.50 bits per heavy atom. The van der Waals surface area contributed by atoms with Crippen molar-refractivity contribution in [1.29, 1.82) is 10.5 Å². The largest absolute Gasteiger partial charge is 0.477 e. The molecule has 1 aromatic heterocycles. The number of hydrogen-bond acceptors (Lipinski definition) is 4. The molecule has 0 bridgehead atoms. The fourth-order valence-corrected chi connectivity index (χ4v) is 4.66. The Kier molecular flexibility index (Phi) is 5.81. The van der Waals surface area contributed by atoms with Crippen molar-refractivity contribution in [2.24, 2.45) is 7.05 Å². The number of aromatic carboxylic acids is 1. The summed E-state index contributed by atoms with van der Waals surface area (Å²) in [5, 5.41) is 29.8. The summed E-state index contributed by atoms with van der Waals surface area (Å²) >= 11 is 1.36. The van der Waals surface area contributed by atoms with Crippen LogP contribution in [-0.2, 0) is 7.05 Å². The molecule has 5 nitrogen and oxygen atoms in total. The van der Waals surface area contributed by atoms with Gasteiger partial charge < -0.3 is 9.67 Å². The average molecular weight is 436 g/mol. The zero-order valence-corrected chi connectivity index (χ0v) is 17.9. The molecule has 154 valence electrons. The fourth-order valence-electron chi connectivity index (χ4n) is 3.67. The van der Waals surface area contributed by atoms with Crippen LogP contribution in [0.5, 0.6) is 0 Å². The average Bonchev–Trinajstić information content (AvgIpc) is 3.11. The number of benzene rings is 3. The van der Waals surface area contributed by atoms with Gasteiger partial charge in [-0.15, -0.1) is 0 Å². The summed E-state index contributed by atoms with van der Waals surface area (Å²) in [5.41, 5.74) is 3.61. The lowest BCUT2D eigenvalue weighted by Crippen LogP contribution is -2.06. The van der Waals surface area contributed by atoms with Crippen molar-refractivity contribution in [3.8, 4) is 34.4 Å². The minimum atomic E-state index is -1.10. The van der Waals surface area contributed by atoms with Gasteiger partial charge in [0.25, 0.3) is 0 Å². The molecule has 0 radical (unpaired) electrons. The van der Waals surface area contributed by atoms with Crippen LogP contribution in [0.25, 0.3) is 22.3 Å². The van der Waals surface area contributed by atoms with Gasteiger partial charge in [0.1, 0.15) is 11.8 Å². The number of nitriles is 2. The van der Waals surface area contributed by atoms with E-state index in [1.165, 1.54) is 11.8 Å². The highest BCUT2D eigenvalue weighted by atomic mass is 32.2. The van der Waals surface area contributed by atoms with E-state index in [2.05, 4.69) is 12.1 Å². The minimum Gasteiger partial charge on any atom is -0.477 e. The Bertz CT molecular complexity index is 1390. The zero-order valence-electron chi connectivity index (χ0n) is 17.1. The molecule has 0 unspecified atom stereocenters. The van der Waals surface area contributed by atoms with E-state index >= 15 is 0 Å². The molecule has 0 spiro atoms. The lowest BCUT2D eigenvalue weighted by Gasteiger charge is -2.07. The number of carbonyl (C=O) groups is 1. The number of hydrogen-bond donors (Lipinski definition) is 1. The summed E-state index contributed by atoms with van der Waals surface area (Å²) in [7, 11) is 1.66. The Balaban J connectivity index is 1.85. The van der Waals surface area contributed by atoms with Crippen molar-refractivity contribution < 1.29 is 9.90 Å². The van der Waals surface area contributed by atoms with E-state index in [0.29, 0.717) is 27.3 Å². The highest BCUT2D eigenvalue weighted by Gasteiger charge is 2.27. The maximum atomic E-state index is 12.1. The summed E-state index contributed by atoms with van der Waals surface area (Å²) in [6.45, 7) is 0. The molecule has 0 saturated carbocycles. The quantitative estimate of drug-likeness (QED) is 0.418. The van der Waals surface area contributed by atoms with Gasteiger partial charge in [-0.3, -0.25) is 0 Å². The molecule has 4 rings (SSSR count). The second-order valence-corrected chi connectivity index (χ2v) is 8.09. The molecule has 1 N–H and O–H groups in total. The Morgan fingerprint density at radius 3 is 2.12 bits per heavy atom. The maximum absolute atomic E-state index is 12.1. The second-order valence-electron chi connectivity index (χ2n) is 7.03.